The molecular weight excluding hydrogens is 300 g/mol. The van der Waals surface area contributed by atoms with Crippen molar-refractivity contribution >= 4 is 21.6 Å². The zero-order valence-corrected chi connectivity index (χ0v) is 13.1. The first kappa shape index (κ1) is 13.4. The molecule has 2 fully saturated rings. The molecule has 2 aliphatic rings. The van der Waals surface area contributed by atoms with Crippen LogP contribution in [0.25, 0.3) is 0 Å². The molecule has 0 aromatic heterocycles. The standard InChI is InChI=1S/C16H23BrN2/c17-15-7-6-14(12-18-11-13-4-5-13)16(10-15)19-8-2-1-3-9-19/h6-7,10,13,18H,1-5,8-9,11-12H2. The van der Waals surface area contributed by atoms with Crippen LogP contribution in [-0.4, -0.2) is 19.6 Å². The molecule has 1 aliphatic carbocycles. The molecule has 1 saturated carbocycles. The predicted octanol–water partition coefficient (Wildman–Crippen LogP) is 3.94. The summed E-state index contributed by atoms with van der Waals surface area (Å²) in [6.07, 6.45) is 6.90. The lowest BCUT2D eigenvalue weighted by molar-refractivity contribution is 0.573. The molecule has 3 rings (SSSR count). The van der Waals surface area contributed by atoms with Crippen LogP contribution in [0.2, 0.25) is 0 Å². The Kier molecular flexibility index (Phi) is 4.44. The van der Waals surface area contributed by atoms with Crippen molar-refractivity contribution in [2.45, 2.75) is 38.6 Å². The van der Waals surface area contributed by atoms with Crippen molar-refractivity contribution in [2.24, 2.45) is 5.92 Å². The molecule has 1 heterocycles. The second-order valence-electron chi connectivity index (χ2n) is 5.90. The van der Waals surface area contributed by atoms with Gasteiger partial charge in [-0.25, -0.2) is 0 Å². The third kappa shape index (κ3) is 3.73. The maximum Gasteiger partial charge on any atom is 0.0423 e. The third-order valence-corrected chi connectivity index (χ3v) is 4.68. The summed E-state index contributed by atoms with van der Waals surface area (Å²) in [7, 11) is 0. The highest BCUT2D eigenvalue weighted by molar-refractivity contribution is 9.10. The number of nitrogens with zero attached hydrogens (tertiary/aromatic N) is 1. The maximum absolute atomic E-state index is 3.62. The van der Waals surface area contributed by atoms with Gasteiger partial charge in [0.2, 0.25) is 0 Å². The summed E-state index contributed by atoms with van der Waals surface area (Å²) >= 11 is 3.62. The summed E-state index contributed by atoms with van der Waals surface area (Å²) in [5.41, 5.74) is 2.88. The van der Waals surface area contributed by atoms with Crippen LogP contribution in [-0.2, 0) is 6.54 Å². The lowest BCUT2D eigenvalue weighted by atomic mass is 10.1. The van der Waals surface area contributed by atoms with Crippen LogP contribution in [0, 0.1) is 5.92 Å². The van der Waals surface area contributed by atoms with Crippen LogP contribution in [0.3, 0.4) is 0 Å². The number of hydrogen-bond donors (Lipinski definition) is 1. The fourth-order valence-electron chi connectivity index (χ4n) is 2.85. The summed E-state index contributed by atoms with van der Waals surface area (Å²) in [4.78, 5) is 2.56. The predicted molar refractivity (Wildman–Crippen MR) is 84.6 cm³/mol. The fourth-order valence-corrected chi connectivity index (χ4v) is 3.20. The molecule has 3 heteroatoms. The van der Waals surface area contributed by atoms with E-state index in [4.69, 9.17) is 0 Å². The van der Waals surface area contributed by atoms with Gasteiger partial charge >= 0.3 is 0 Å². The summed E-state index contributed by atoms with van der Waals surface area (Å²) in [5, 5.41) is 3.62. The molecule has 1 aliphatic heterocycles. The van der Waals surface area contributed by atoms with E-state index < -0.39 is 0 Å². The molecule has 0 amide bonds. The lowest BCUT2D eigenvalue weighted by Crippen LogP contribution is -2.31. The van der Waals surface area contributed by atoms with Crippen LogP contribution in [0.5, 0.6) is 0 Å². The Morgan fingerprint density at radius 2 is 1.95 bits per heavy atom. The Labute approximate surface area is 124 Å². The van der Waals surface area contributed by atoms with Gasteiger partial charge in [-0.05, 0) is 62.3 Å². The van der Waals surface area contributed by atoms with Crippen LogP contribution in [0.4, 0.5) is 5.69 Å². The molecule has 0 bridgehead atoms. The zero-order valence-electron chi connectivity index (χ0n) is 11.5. The van der Waals surface area contributed by atoms with E-state index in [1.165, 1.54) is 67.5 Å². The van der Waals surface area contributed by atoms with Crippen molar-refractivity contribution in [3.63, 3.8) is 0 Å². The molecule has 104 valence electrons. The van der Waals surface area contributed by atoms with Crippen molar-refractivity contribution in [3.05, 3.63) is 28.2 Å². The highest BCUT2D eigenvalue weighted by atomic mass is 79.9. The average molecular weight is 323 g/mol. The Balaban J connectivity index is 1.69. The summed E-state index contributed by atoms with van der Waals surface area (Å²) in [5.74, 6) is 0.953. The van der Waals surface area contributed by atoms with E-state index in [1.54, 1.807) is 0 Å². The van der Waals surface area contributed by atoms with Gasteiger partial charge in [0.15, 0.2) is 0 Å². The summed E-state index contributed by atoms with van der Waals surface area (Å²) in [6, 6.07) is 6.73. The van der Waals surface area contributed by atoms with Gasteiger partial charge in [-0.2, -0.15) is 0 Å². The SMILES string of the molecule is Brc1ccc(CNCC2CC2)c(N2CCCCC2)c1. The summed E-state index contributed by atoms with van der Waals surface area (Å²) < 4.78 is 1.19. The normalized spacial score (nSPS) is 19.7. The lowest BCUT2D eigenvalue weighted by Gasteiger charge is -2.31. The number of halogens is 1. The van der Waals surface area contributed by atoms with Gasteiger partial charge in [0.25, 0.3) is 0 Å². The van der Waals surface area contributed by atoms with E-state index in [2.05, 4.69) is 44.3 Å². The highest BCUT2D eigenvalue weighted by Gasteiger charge is 2.20. The second kappa shape index (κ2) is 6.27. The number of hydrogen-bond acceptors (Lipinski definition) is 2. The highest BCUT2D eigenvalue weighted by Crippen LogP contribution is 2.29. The molecule has 2 nitrogen and oxygen atoms in total. The quantitative estimate of drug-likeness (QED) is 0.883. The van der Waals surface area contributed by atoms with E-state index >= 15 is 0 Å². The minimum Gasteiger partial charge on any atom is -0.371 e. The van der Waals surface area contributed by atoms with Crippen LogP contribution in [0.1, 0.15) is 37.7 Å². The van der Waals surface area contributed by atoms with Crippen molar-refractivity contribution in [3.8, 4) is 0 Å². The molecule has 0 unspecified atom stereocenters. The van der Waals surface area contributed by atoms with Crippen LogP contribution in [0.15, 0.2) is 22.7 Å². The maximum atomic E-state index is 3.62. The Hall–Kier alpha value is -0.540. The second-order valence-corrected chi connectivity index (χ2v) is 6.81. The smallest absolute Gasteiger partial charge is 0.0423 e. The van der Waals surface area contributed by atoms with Crippen molar-refractivity contribution in [2.75, 3.05) is 24.5 Å². The van der Waals surface area contributed by atoms with E-state index in [1.807, 2.05) is 0 Å². The van der Waals surface area contributed by atoms with Crippen molar-refractivity contribution in [1.29, 1.82) is 0 Å². The fraction of sp³-hybridized carbons (Fsp3) is 0.625. The molecule has 1 saturated heterocycles. The van der Waals surface area contributed by atoms with Gasteiger partial charge in [-0.15, -0.1) is 0 Å². The van der Waals surface area contributed by atoms with Gasteiger partial charge in [-0.1, -0.05) is 22.0 Å². The molecule has 0 radical (unpaired) electrons. The van der Waals surface area contributed by atoms with E-state index in [0.29, 0.717) is 0 Å². The van der Waals surface area contributed by atoms with Crippen molar-refractivity contribution < 1.29 is 0 Å². The molecule has 0 spiro atoms. The molecule has 19 heavy (non-hydrogen) atoms. The Morgan fingerprint density at radius 1 is 1.16 bits per heavy atom. The van der Waals surface area contributed by atoms with Crippen molar-refractivity contribution in [1.82, 2.24) is 5.32 Å². The molecule has 1 aromatic rings. The first-order valence-electron chi connectivity index (χ1n) is 7.57. The van der Waals surface area contributed by atoms with Gasteiger partial charge in [0.1, 0.15) is 0 Å². The number of benzene rings is 1. The monoisotopic (exact) mass is 322 g/mol. The minimum absolute atomic E-state index is 0.953. The Bertz CT molecular complexity index is 423. The molecule has 1 N–H and O–H groups in total. The first-order valence-corrected chi connectivity index (χ1v) is 8.36. The minimum atomic E-state index is 0.953. The third-order valence-electron chi connectivity index (χ3n) is 4.19. The van der Waals surface area contributed by atoms with Gasteiger partial charge in [-0.3, -0.25) is 0 Å². The average Bonchev–Trinajstić information content (AvgIpc) is 3.25. The Morgan fingerprint density at radius 3 is 2.68 bits per heavy atom. The van der Waals surface area contributed by atoms with E-state index in [0.717, 1.165) is 12.5 Å². The first-order chi connectivity index (χ1) is 9.33. The number of rotatable bonds is 5. The van der Waals surface area contributed by atoms with Gasteiger partial charge in [0, 0.05) is 29.8 Å². The van der Waals surface area contributed by atoms with Gasteiger partial charge in [0.05, 0.1) is 0 Å². The molecule has 1 aromatic carbocycles. The van der Waals surface area contributed by atoms with E-state index in [9.17, 15) is 0 Å². The van der Waals surface area contributed by atoms with Crippen LogP contribution < -0.4 is 10.2 Å². The molecule has 0 atom stereocenters. The number of anilines is 1. The van der Waals surface area contributed by atoms with Crippen LogP contribution >= 0.6 is 15.9 Å². The number of nitrogens with one attached hydrogen (secondary N) is 1. The topological polar surface area (TPSA) is 15.3 Å². The number of piperidine rings is 1. The zero-order chi connectivity index (χ0) is 13.1. The summed E-state index contributed by atoms with van der Waals surface area (Å²) in [6.45, 7) is 4.63. The largest absolute Gasteiger partial charge is 0.371 e. The van der Waals surface area contributed by atoms with Gasteiger partial charge < -0.3 is 10.2 Å². The molecular formula is C16H23BrN2. The van der Waals surface area contributed by atoms with E-state index in [-0.39, 0.29) is 0 Å².